The highest BCUT2D eigenvalue weighted by molar-refractivity contribution is 5.74. The Kier molecular flexibility index (Phi) is 16.2. The molecule has 0 amide bonds. The quantitative estimate of drug-likeness (QED) is 0.180. The SMILES string of the molecule is C.C.C=C1C[C@H](CCCC)O[C@H]1CCC1CCC(=O)O1.C=C1C[C@H](CCCC)O[C@H]1CCC1C[C@@H](C)C(=O)O1. The summed E-state index contributed by atoms with van der Waals surface area (Å²) in [6.07, 6.45) is 16.5. The lowest BCUT2D eigenvalue weighted by molar-refractivity contribution is -0.144. The van der Waals surface area contributed by atoms with Crippen LogP contribution in [0, 0.1) is 5.92 Å². The first kappa shape index (κ1) is 35.4. The van der Waals surface area contributed by atoms with Gasteiger partial charge < -0.3 is 18.9 Å². The maximum atomic E-state index is 11.3. The van der Waals surface area contributed by atoms with E-state index in [1.54, 1.807) is 0 Å². The van der Waals surface area contributed by atoms with E-state index < -0.39 is 0 Å². The Morgan fingerprint density at radius 3 is 1.64 bits per heavy atom. The molecule has 0 bridgehead atoms. The van der Waals surface area contributed by atoms with E-state index in [1.165, 1.54) is 36.8 Å². The number of esters is 2. The van der Waals surface area contributed by atoms with Gasteiger partial charge in [0, 0.05) is 6.42 Å². The van der Waals surface area contributed by atoms with Crippen LogP contribution in [0.1, 0.15) is 132 Å². The molecule has 4 aliphatic heterocycles. The molecular formula is C33H58O6. The molecule has 4 fully saturated rings. The Morgan fingerprint density at radius 2 is 1.23 bits per heavy atom. The summed E-state index contributed by atoms with van der Waals surface area (Å²) in [4.78, 5) is 22.4. The second kappa shape index (κ2) is 17.9. The van der Waals surface area contributed by atoms with Crippen LogP contribution in [0.4, 0.5) is 0 Å². The minimum Gasteiger partial charge on any atom is -0.462 e. The molecule has 2 unspecified atom stereocenters. The maximum absolute atomic E-state index is 11.3. The van der Waals surface area contributed by atoms with Gasteiger partial charge in [-0.25, -0.2) is 0 Å². The molecule has 0 aromatic rings. The molecule has 4 heterocycles. The van der Waals surface area contributed by atoms with E-state index in [1.807, 2.05) is 6.92 Å². The molecule has 39 heavy (non-hydrogen) atoms. The van der Waals surface area contributed by atoms with Crippen molar-refractivity contribution >= 4 is 11.9 Å². The summed E-state index contributed by atoms with van der Waals surface area (Å²) in [5.41, 5.74) is 2.44. The molecule has 0 saturated carbocycles. The number of cyclic esters (lactones) is 2. The van der Waals surface area contributed by atoms with Crippen molar-refractivity contribution in [1.82, 2.24) is 0 Å². The molecule has 4 aliphatic rings. The molecule has 0 aliphatic carbocycles. The van der Waals surface area contributed by atoms with Crippen LogP contribution in [0.2, 0.25) is 0 Å². The third-order valence-corrected chi connectivity index (χ3v) is 8.13. The normalized spacial score (nSPS) is 31.7. The van der Waals surface area contributed by atoms with E-state index in [4.69, 9.17) is 18.9 Å². The van der Waals surface area contributed by atoms with Crippen molar-refractivity contribution < 1.29 is 28.5 Å². The second-order valence-electron chi connectivity index (χ2n) is 11.5. The first-order valence-corrected chi connectivity index (χ1v) is 14.8. The number of carbonyl (C=O) groups excluding carboxylic acids is 2. The molecule has 6 heteroatoms. The minimum absolute atomic E-state index is 0. The van der Waals surface area contributed by atoms with E-state index >= 15 is 0 Å². The monoisotopic (exact) mass is 550 g/mol. The number of rotatable bonds is 12. The van der Waals surface area contributed by atoms with Gasteiger partial charge in [0.2, 0.25) is 0 Å². The van der Waals surface area contributed by atoms with Gasteiger partial charge in [-0.15, -0.1) is 0 Å². The zero-order valence-electron chi connectivity index (χ0n) is 23.5. The summed E-state index contributed by atoms with van der Waals surface area (Å²) in [5.74, 6) is -0.0287. The summed E-state index contributed by atoms with van der Waals surface area (Å²) >= 11 is 0. The number of hydrogen-bond donors (Lipinski definition) is 0. The third-order valence-electron chi connectivity index (χ3n) is 8.13. The molecule has 0 spiro atoms. The zero-order valence-corrected chi connectivity index (χ0v) is 23.5. The first-order chi connectivity index (χ1) is 17.8. The van der Waals surface area contributed by atoms with Crippen LogP contribution >= 0.6 is 0 Å². The molecular weight excluding hydrogens is 492 g/mol. The highest BCUT2D eigenvalue weighted by Gasteiger charge is 2.34. The van der Waals surface area contributed by atoms with Gasteiger partial charge in [-0.3, -0.25) is 9.59 Å². The van der Waals surface area contributed by atoms with Crippen molar-refractivity contribution in [3.8, 4) is 0 Å². The van der Waals surface area contributed by atoms with E-state index in [0.29, 0.717) is 18.6 Å². The highest BCUT2D eigenvalue weighted by atomic mass is 16.6. The predicted octanol–water partition coefficient (Wildman–Crippen LogP) is 8.27. The molecule has 0 aromatic carbocycles. The lowest BCUT2D eigenvalue weighted by Gasteiger charge is -2.15. The standard InChI is InChI=1S/C16H26O3.C15H24O3.2CH4/c1-4-5-6-13-9-11(2)15(18-13)8-7-14-10-12(3)16(17)19-14;1-3-4-5-13-10-11(2)14(17-13)8-6-12-7-9-15(16)18-12;;/h12-15H,2,4-10H2,1,3H3;12-14H,2-10H2,1H3;2*1H4/t12-,13+,14?,15+;12?,13-,14-;;/m10../s1. The largest absolute Gasteiger partial charge is 0.462 e. The Hall–Kier alpha value is -1.66. The lowest BCUT2D eigenvalue weighted by Crippen LogP contribution is -2.15. The predicted molar refractivity (Wildman–Crippen MR) is 159 cm³/mol. The van der Waals surface area contributed by atoms with Crippen LogP contribution in [-0.2, 0) is 28.5 Å². The fraction of sp³-hybridized carbons (Fsp3) is 0.818. The molecule has 0 radical (unpaired) electrons. The smallest absolute Gasteiger partial charge is 0.309 e. The third kappa shape index (κ3) is 11.4. The Bertz CT molecular complexity index is 776. The Morgan fingerprint density at radius 1 is 0.718 bits per heavy atom. The summed E-state index contributed by atoms with van der Waals surface area (Å²) in [7, 11) is 0. The topological polar surface area (TPSA) is 71.1 Å². The molecule has 4 saturated heterocycles. The summed E-state index contributed by atoms with van der Waals surface area (Å²) in [5, 5.41) is 0. The lowest BCUT2D eigenvalue weighted by atomic mass is 9.99. The minimum atomic E-state index is -0.0491. The average molecular weight is 551 g/mol. The molecule has 0 N–H and O–H groups in total. The van der Waals surface area contributed by atoms with Gasteiger partial charge >= 0.3 is 11.9 Å². The van der Waals surface area contributed by atoms with Crippen LogP contribution in [-0.4, -0.2) is 48.6 Å². The van der Waals surface area contributed by atoms with Crippen LogP contribution in [0.5, 0.6) is 0 Å². The van der Waals surface area contributed by atoms with E-state index in [0.717, 1.165) is 64.2 Å². The molecule has 6 nitrogen and oxygen atoms in total. The van der Waals surface area contributed by atoms with Crippen LogP contribution in [0.25, 0.3) is 0 Å². The zero-order chi connectivity index (χ0) is 26.8. The molecule has 0 aromatic heterocycles. The van der Waals surface area contributed by atoms with Crippen molar-refractivity contribution in [2.24, 2.45) is 5.92 Å². The van der Waals surface area contributed by atoms with Gasteiger partial charge in [0.15, 0.2) is 0 Å². The Balaban J connectivity index is 0.000000371. The van der Waals surface area contributed by atoms with E-state index in [2.05, 4.69) is 27.0 Å². The van der Waals surface area contributed by atoms with Gasteiger partial charge in [-0.1, -0.05) is 74.5 Å². The van der Waals surface area contributed by atoms with E-state index in [9.17, 15) is 9.59 Å². The van der Waals surface area contributed by atoms with Crippen molar-refractivity contribution in [2.75, 3.05) is 0 Å². The fourth-order valence-electron chi connectivity index (χ4n) is 5.81. The first-order valence-electron chi connectivity index (χ1n) is 14.8. The fourth-order valence-corrected chi connectivity index (χ4v) is 5.81. The molecule has 7 atom stereocenters. The van der Waals surface area contributed by atoms with Crippen LogP contribution < -0.4 is 0 Å². The number of hydrogen-bond acceptors (Lipinski definition) is 6. The van der Waals surface area contributed by atoms with Gasteiger partial charge in [0.25, 0.3) is 0 Å². The van der Waals surface area contributed by atoms with Gasteiger partial charge in [0.05, 0.1) is 30.3 Å². The summed E-state index contributed by atoms with van der Waals surface area (Å²) < 4.78 is 22.6. The van der Waals surface area contributed by atoms with Gasteiger partial charge in [-0.05, 0) is 75.4 Å². The van der Waals surface area contributed by atoms with E-state index in [-0.39, 0.29) is 57.1 Å². The highest BCUT2D eigenvalue weighted by Crippen LogP contribution is 2.33. The van der Waals surface area contributed by atoms with Gasteiger partial charge in [0.1, 0.15) is 12.2 Å². The van der Waals surface area contributed by atoms with Crippen LogP contribution in [0.15, 0.2) is 24.3 Å². The van der Waals surface area contributed by atoms with Crippen molar-refractivity contribution in [3.63, 3.8) is 0 Å². The number of carbonyl (C=O) groups is 2. The Labute approximate surface area is 239 Å². The second-order valence-corrected chi connectivity index (χ2v) is 11.5. The van der Waals surface area contributed by atoms with Crippen molar-refractivity contribution in [1.29, 1.82) is 0 Å². The summed E-state index contributed by atoms with van der Waals surface area (Å²) in [6, 6.07) is 0. The van der Waals surface area contributed by atoms with Crippen molar-refractivity contribution in [3.05, 3.63) is 24.3 Å². The number of ether oxygens (including phenoxy) is 4. The molecule has 4 rings (SSSR count). The average Bonchev–Trinajstić information content (AvgIpc) is 3.62. The maximum Gasteiger partial charge on any atom is 0.309 e. The summed E-state index contributed by atoms with van der Waals surface area (Å²) in [6.45, 7) is 14.6. The molecule has 226 valence electrons. The van der Waals surface area contributed by atoms with Crippen molar-refractivity contribution in [2.45, 2.75) is 169 Å². The number of unbranched alkanes of at least 4 members (excludes halogenated alkanes) is 2. The van der Waals surface area contributed by atoms with Crippen LogP contribution in [0.3, 0.4) is 0 Å². The van der Waals surface area contributed by atoms with Gasteiger partial charge in [-0.2, -0.15) is 0 Å².